The summed E-state index contributed by atoms with van der Waals surface area (Å²) in [6.07, 6.45) is 0.393. The molecule has 1 atom stereocenters. The average Bonchev–Trinajstić information content (AvgIpc) is 3.10. The Morgan fingerprint density at radius 2 is 1.96 bits per heavy atom. The van der Waals surface area contributed by atoms with Gasteiger partial charge < -0.3 is 15.4 Å². The molecule has 2 heterocycles. The summed E-state index contributed by atoms with van der Waals surface area (Å²) in [5.41, 5.74) is 2.13. The molecule has 4 rings (SSSR count). The van der Waals surface area contributed by atoms with Gasteiger partial charge in [-0.3, -0.25) is 4.79 Å². The van der Waals surface area contributed by atoms with Crippen LogP contribution in [0.2, 0.25) is 0 Å². The molecule has 6 heteroatoms. The van der Waals surface area contributed by atoms with Gasteiger partial charge in [0.2, 0.25) is 5.91 Å². The third kappa shape index (κ3) is 3.28. The number of nitrogens with zero attached hydrogens (tertiary/aromatic N) is 1. The van der Waals surface area contributed by atoms with Crippen molar-refractivity contribution in [2.24, 2.45) is 0 Å². The molecule has 0 unspecified atom stereocenters. The van der Waals surface area contributed by atoms with E-state index in [1.807, 2.05) is 61.6 Å². The summed E-state index contributed by atoms with van der Waals surface area (Å²) in [7, 11) is 1.83. The Hall–Kier alpha value is -2.86. The van der Waals surface area contributed by atoms with Gasteiger partial charge in [0.1, 0.15) is 18.2 Å². The van der Waals surface area contributed by atoms with Gasteiger partial charge in [-0.25, -0.2) is 4.98 Å². The molecule has 0 spiro atoms. The summed E-state index contributed by atoms with van der Waals surface area (Å²) in [4.78, 5) is 17.7. The number of amides is 1. The van der Waals surface area contributed by atoms with Crippen LogP contribution in [0.5, 0.6) is 5.75 Å². The minimum Gasteiger partial charge on any atom is -0.489 e. The molecular formula is C20H19N3O2S. The van der Waals surface area contributed by atoms with E-state index in [-0.39, 0.29) is 11.8 Å². The largest absolute Gasteiger partial charge is 0.489 e. The normalized spacial score (nSPS) is 15.9. The first-order valence-corrected chi connectivity index (χ1v) is 9.30. The molecule has 0 saturated carbocycles. The van der Waals surface area contributed by atoms with Crippen molar-refractivity contribution in [2.45, 2.75) is 18.9 Å². The van der Waals surface area contributed by atoms with Gasteiger partial charge in [-0.1, -0.05) is 59.9 Å². The number of fused-ring (bicyclic) bond motifs is 1. The summed E-state index contributed by atoms with van der Waals surface area (Å²) in [5, 5.41) is 6.72. The molecule has 3 aromatic rings. The number of carbonyl (C=O) groups is 1. The summed E-state index contributed by atoms with van der Waals surface area (Å²) < 4.78 is 6.10. The molecule has 1 aliphatic rings. The van der Waals surface area contributed by atoms with Crippen LogP contribution in [0.4, 0.5) is 10.9 Å². The van der Waals surface area contributed by atoms with Gasteiger partial charge in [0.15, 0.2) is 5.13 Å². The first-order valence-electron chi connectivity index (χ1n) is 8.48. The second-order valence-corrected chi connectivity index (χ2v) is 7.13. The molecule has 2 N–H and O–H groups in total. The zero-order valence-electron chi connectivity index (χ0n) is 14.4. The lowest BCUT2D eigenvalue weighted by atomic mass is 9.91. The summed E-state index contributed by atoms with van der Waals surface area (Å²) in [5.74, 6) is 1.39. The van der Waals surface area contributed by atoms with Crippen molar-refractivity contribution in [1.29, 1.82) is 0 Å². The van der Waals surface area contributed by atoms with Crippen molar-refractivity contribution in [3.63, 3.8) is 0 Å². The zero-order chi connectivity index (χ0) is 17.9. The molecule has 0 fully saturated rings. The Labute approximate surface area is 156 Å². The average molecular weight is 365 g/mol. The predicted octanol–water partition coefficient (Wildman–Crippen LogP) is 4.24. The van der Waals surface area contributed by atoms with Crippen LogP contribution in [-0.4, -0.2) is 17.9 Å². The van der Waals surface area contributed by atoms with Gasteiger partial charge in [0.05, 0.1) is 4.88 Å². The fourth-order valence-electron chi connectivity index (χ4n) is 3.11. The number of carbonyl (C=O) groups excluding carboxylic acids is 1. The van der Waals surface area contributed by atoms with Crippen molar-refractivity contribution in [2.75, 3.05) is 17.7 Å². The first-order chi connectivity index (χ1) is 12.7. The van der Waals surface area contributed by atoms with Crippen molar-refractivity contribution < 1.29 is 9.53 Å². The maximum absolute atomic E-state index is 12.2. The molecule has 0 radical (unpaired) electrons. The van der Waals surface area contributed by atoms with E-state index in [4.69, 9.17) is 4.74 Å². The first kappa shape index (κ1) is 16.6. The van der Waals surface area contributed by atoms with Crippen LogP contribution in [0.3, 0.4) is 0 Å². The highest BCUT2D eigenvalue weighted by molar-refractivity contribution is 7.16. The molecule has 1 aromatic heterocycles. The fourth-order valence-corrected chi connectivity index (χ4v) is 4.11. The third-order valence-corrected chi connectivity index (χ3v) is 5.55. The predicted molar refractivity (Wildman–Crippen MR) is 104 cm³/mol. The van der Waals surface area contributed by atoms with Crippen molar-refractivity contribution in [1.82, 2.24) is 4.98 Å². The van der Waals surface area contributed by atoms with Crippen LogP contribution in [0, 0.1) is 0 Å². The Kier molecular flexibility index (Phi) is 4.58. The molecule has 132 valence electrons. The van der Waals surface area contributed by atoms with Crippen molar-refractivity contribution >= 4 is 28.2 Å². The van der Waals surface area contributed by atoms with E-state index in [1.54, 1.807) is 11.3 Å². The number of para-hydroxylation sites is 1. The van der Waals surface area contributed by atoms with Crippen LogP contribution in [0.15, 0.2) is 54.6 Å². The number of nitrogens with one attached hydrogen (secondary N) is 2. The van der Waals surface area contributed by atoms with Crippen LogP contribution in [0.1, 0.15) is 28.3 Å². The minimum absolute atomic E-state index is 0.0201. The Morgan fingerprint density at radius 1 is 1.19 bits per heavy atom. The standard InChI is InChI=1S/C20H19N3O2S/c1-21-20-23-19-18(26-20)15(11-17(24)22-19)14-9-5-6-10-16(14)25-12-13-7-3-2-4-8-13/h2-10,15H,11-12H2,1H3,(H,21,23)(H,22,24)/t15-/m0/s1. The van der Waals surface area contributed by atoms with E-state index in [1.165, 1.54) is 0 Å². The number of ether oxygens (including phenoxy) is 1. The van der Waals surface area contributed by atoms with Gasteiger partial charge in [0.25, 0.3) is 0 Å². The Morgan fingerprint density at radius 3 is 2.77 bits per heavy atom. The number of benzene rings is 2. The molecule has 0 saturated heterocycles. The van der Waals surface area contributed by atoms with E-state index in [0.29, 0.717) is 18.8 Å². The number of hydrogen-bond donors (Lipinski definition) is 2. The monoisotopic (exact) mass is 365 g/mol. The smallest absolute Gasteiger partial charge is 0.226 e. The molecule has 0 bridgehead atoms. The van der Waals surface area contributed by atoms with Crippen LogP contribution in [0.25, 0.3) is 0 Å². The lowest BCUT2D eigenvalue weighted by Crippen LogP contribution is -2.23. The van der Waals surface area contributed by atoms with Crippen LogP contribution >= 0.6 is 11.3 Å². The quantitative estimate of drug-likeness (QED) is 0.710. The van der Waals surface area contributed by atoms with Gasteiger partial charge in [-0.15, -0.1) is 0 Å². The van der Waals surface area contributed by atoms with Gasteiger partial charge >= 0.3 is 0 Å². The Bertz CT molecular complexity index is 924. The lowest BCUT2D eigenvalue weighted by Gasteiger charge is -2.23. The summed E-state index contributed by atoms with van der Waals surface area (Å²) >= 11 is 1.57. The highest BCUT2D eigenvalue weighted by Crippen LogP contribution is 2.44. The minimum atomic E-state index is -0.0506. The van der Waals surface area contributed by atoms with Crippen molar-refractivity contribution in [3.05, 3.63) is 70.6 Å². The zero-order valence-corrected chi connectivity index (χ0v) is 15.2. The van der Waals surface area contributed by atoms with E-state index in [0.717, 1.165) is 26.9 Å². The number of rotatable bonds is 5. The molecule has 26 heavy (non-hydrogen) atoms. The fraction of sp³-hybridized carbons (Fsp3) is 0.200. The molecule has 2 aromatic carbocycles. The molecule has 1 amide bonds. The van der Waals surface area contributed by atoms with Crippen LogP contribution < -0.4 is 15.4 Å². The lowest BCUT2D eigenvalue weighted by molar-refractivity contribution is -0.116. The molecular weight excluding hydrogens is 346 g/mol. The maximum atomic E-state index is 12.2. The third-order valence-electron chi connectivity index (χ3n) is 4.36. The van der Waals surface area contributed by atoms with Gasteiger partial charge in [-0.05, 0) is 11.6 Å². The van der Waals surface area contributed by atoms with Gasteiger partial charge in [-0.2, -0.15) is 0 Å². The highest BCUT2D eigenvalue weighted by atomic mass is 32.1. The number of thiazole rings is 1. The second kappa shape index (κ2) is 7.17. The van der Waals surface area contributed by atoms with E-state index >= 15 is 0 Å². The summed E-state index contributed by atoms with van der Waals surface area (Å²) in [6, 6.07) is 18.0. The molecule has 5 nitrogen and oxygen atoms in total. The van der Waals surface area contributed by atoms with Crippen LogP contribution in [-0.2, 0) is 11.4 Å². The summed E-state index contributed by atoms with van der Waals surface area (Å²) in [6.45, 7) is 0.494. The van der Waals surface area contributed by atoms with E-state index in [2.05, 4.69) is 15.6 Å². The number of anilines is 2. The Balaban J connectivity index is 1.66. The van der Waals surface area contributed by atoms with E-state index in [9.17, 15) is 4.79 Å². The SMILES string of the molecule is CNc1nc2c(s1)[C@H](c1ccccc1OCc1ccccc1)CC(=O)N2. The topological polar surface area (TPSA) is 63.3 Å². The highest BCUT2D eigenvalue weighted by Gasteiger charge is 2.31. The second-order valence-electron chi connectivity index (χ2n) is 6.10. The van der Waals surface area contributed by atoms with Crippen molar-refractivity contribution in [3.8, 4) is 5.75 Å². The number of aromatic nitrogens is 1. The van der Waals surface area contributed by atoms with E-state index < -0.39 is 0 Å². The number of hydrogen-bond acceptors (Lipinski definition) is 5. The van der Waals surface area contributed by atoms with Gasteiger partial charge in [0, 0.05) is 24.9 Å². The molecule has 1 aliphatic heterocycles. The maximum Gasteiger partial charge on any atom is 0.226 e. The molecule has 0 aliphatic carbocycles.